The van der Waals surface area contributed by atoms with Crippen LogP contribution in [0.5, 0.6) is 0 Å². The number of thiazole rings is 1. The molecule has 0 spiro atoms. The van der Waals surface area contributed by atoms with Gasteiger partial charge < -0.3 is 0 Å². The topological polar surface area (TPSA) is 25.8 Å². The monoisotopic (exact) mass is 394 g/mol. The zero-order chi connectivity index (χ0) is 17.9. The van der Waals surface area contributed by atoms with Crippen molar-refractivity contribution < 1.29 is 0 Å². The van der Waals surface area contributed by atoms with Crippen LogP contribution in [0.25, 0.3) is 32.3 Å². The molecule has 0 bridgehead atoms. The van der Waals surface area contributed by atoms with E-state index in [1.165, 1.54) is 4.90 Å². The van der Waals surface area contributed by atoms with Crippen molar-refractivity contribution in [3.8, 4) is 32.3 Å². The Hall–Kier alpha value is -2.14. The normalized spacial score (nSPS) is 10.8. The van der Waals surface area contributed by atoms with Crippen LogP contribution in [0, 0.1) is 0 Å². The van der Waals surface area contributed by atoms with Gasteiger partial charge in [0.2, 0.25) is 0 Å². The smallest absolute Gasteiger partial charge is 0.124 e. The van der Waals surface area contributed by atoms with Gasteiger partial charge in [0.1, 0.15) is 5.01 Å². The molecule has 0 aliphatic carbocycles. The number of thioether (sulfide) groups is 1. The molecule has 0 radical (unpaired) electrons. The maximum Gasteiger partial charge on any atom is 0.124 e. The Bertz CT molecular complexity index is 1010. The summed E-state index contributed by atoms with van der Waals surface area (Å²) in [5.74, 6) is 0. The molecule has 2 heterocycles. The molecule has 128 valence electrons. The molecule has 26 heavy (non-hydrogen) atoms. The molecule has 0 aliphatic rings. The Kier molecular flexibility index (Phi) is 5.07. The van der Waals surface area contributed by atoms with Gasteiger partial charge in [-0.1, -0.05) is 35.9 Å². The first-order valence-corrected chi connectivity index (χ1v) is 10.5. The van der Waals surface area contributed by atoms with Crippen LogP contribution in [0.15, 0.2) is 78.0 Å². The fourth-order valence-corrected chi connectivity index (χ4v) is 4.31. The van der Waals surface area contributed by atoms with E-state index in [1.807, 2.05) is 48.8 Å². The molecule has 2 aromatic carbocycles. The van der Waals surface area contributed by atoms with Crippen molar-refractivity contribution in [1.82, 2.24) is 9.97 Å². The maximum absolute atomic E-state index is 6.06. The average Bonchev–Trinajstić information content (AvgIpc) is 3.15. The molecule has 0 saturated carbocycles. The summed E-state index contributed by atoms with van der Waals surface area (Å²) in [7, 11) is 0. The van der Waals surface area contributed by atoms with Crippen LogP contribution in [0.4, 0.5) is 0 Å². The number of aromatic nitrogens is 2. The molecule has 0 fully saturated rings. The molecule has 4 rings (SSSR count). The fourth-order valence-electron chi connectivity index (χ4n) is 2.68. The molecular weight excluding hydrogens is 380 g/mol. The van der Waals surface area contributed by atoms with Crippen LogP contribution < -0.4 is 0 Å². The highest BCUT2D eigenvalue weighted by Gasteiger charge is 2.16. The van der Waals surface area contributed by atoms with Gasteiger partial charge in [0.15, 0.2) is 0 Å². The number of pyridine rings is 1. The van der Waals surface area contributed by atoms with Crippen molar-refractivity contribution >= 4 is 34.7 Å². The van der Waals surface area contributed by atoms with Gasteiger partial charge in [-0.3, -0.25) is 4.98 Å². The molecule has 0 N–H and O–H groups in total. The molecular formula is C21H15ClN2S2. The van der Waals surface area contributed by atoms with Crippen LogP contribution in [0.1, 0.15) is 0 Å². The van der Waals surface area contributed by atoms with Crippen LogP contribution in [0.2, 0.25) is 5.02 Å². The van der Waals surface area contributed by atoms with Crippen molar-refractivity contribution in [2.24, 2.45) is 0 Å². The van der Waals surface area contributed by atoms with Gasteiger partial charge in [-0.15, -0.1) is 23.1 Å². The molecule has 2 nitrogen and oxygen atoms in total. The highest BCUT2D eigenvalue weighted by atomic mass is 35.5. The second kappa shape index (κ2) is 7.62. The van der Waals surface area contributed by atoms with E-state index in [9.17, 15) is 0 Å². The van der Waals surface area contributed by atoms with Gasteiger partial charge >= 0.3 is 0 Å². The summed E-state index contributed by atoms with van der Waals surface area (Å²) >= 11 is 9.50. The average molecular weight is 395 g/mol. The zero-order valence-corrected chi connectivity index (χ0v) is 16.4. The molecule has 0 unspecified atom stereocenters. The second-order valence-electron chi connectivity index (χ2n) is 5.67. The van der Waals surface area contributed by atoms with E-state index in [-0.39, 0.29) is 0 Å². The SMILES string of the molecule is CSc1ccc(-c2nc(-c3ccc(Cl)cc3)c(-c3ccncc3)s2)cc1. The zero-order valence-electron chi connectivity index (χ0n) is 14.0. The third kappa shape index (κ3) is 3.54. The van der Waals surface area contributed by atoms with Crippen molar-refractivity contribution in [2.75, 3.05) is 6.26 Å². The van der Waals surface area contributed by atoms with Crippen LogP contribution in [0.3, 0.4) is 0 Å². The molecule has 4 aromatic rings. The van der Waals surface area contributed by atoms with E-state index in [2.05, 4.69) is 35.5 Å². The van der Waals surface area contributed by atoms with Gasteiger partial charge in [0.05, 0.1) is 10.6 Å². The van der Waals surface area contributed by atoms with Crippen molar-refractivity contribution in [3.63, 3.8) is 0 Å². The van der Waals surface area contributed by atoms with Gasteiger partial charge in [-0.25, -0.2) is 4.98 Å². The Labute approximate surface area is 165 Å². The van der Waals surface area contributed by atoms with E-state index < -0.39 is 0 Å². The van der Waals surface area contributed by atoms with Crippen molar-refractivity contribution in [1.29, 1.82) is 0 Å². The Morgan fingerprint density at radius 1 is 0.808 bits per heavy atom. The Morgan fingerprint density at radius 3 is 2.12 bits per heavy atom. The number of nitrogens with zero attached hydrogens (tertiary/aromatic N) is 2. The number of benzene rings is 2. The highest BCUT2D eigenvalue weighted by molar-refractivity contribution is 7.98. The van der Waals surface area contributed by atoms with Gasteiger partial charge in [-0.05, 0) is 48.2 Å². The van der Waals surface area contributed by atoms with Crippen LogP contribution >= 0.6 is 34.7 Å². The summed E-state index contributed by atoms with van der Waals surface area (Å²) < 4.78 is 0. The highest BCUT2D eigenvalue weighted by Crippen LogP contribution is 2.40. The summed E-state index contributed by atoms with van der Waals surface area (Å²) in [6.45, 7) is 0. The summed E-state index contributed by atoms with van der Waals surface area (Å²) in [6, 6.07) is 20.4. The largest absolute Gasteiger partial charge is 0.265 e. The summed E-state index contributed by atoms with van der Waals surface area (Å²) in [4.78, 5) is 11.5. The Balaban J connectivity index is 1.85. The summed E-state index contributed by atoms with van der Waals surface area (Å²) in [5, 5.41) is 1.73. The minimum absolute atomic E-state index is 0.724. The molecule has 0 aliphatic heterocycles. The number of halogens is 1. The predicted molar refractivity (Wildman–Crippen MR) is 113 cm³/mol. The molecule has 0 atom stereocenters. The van der Waals surface area contributed by atoms with Crippen molar-refractivity contribution in [2.45, 2.75) is 4.90 Å². The number of hydrogen-bond acceptors (Lipinski definition) is 4. The molecule has 0 saturated heterocycles. The first kappa shape index (κ1) is 17.3. The number of rotatable bonds is 4. The number of hydrogen-bond donors (Lipinski definition) is 0. The predicted octanol–water partition coefficient (Wildman–Crippen LogP) is 6.91. The van der Waals surface area contributed by atoms with E-state index in [0.717, 1.165) is 37.3 Å². The first-order valence-electron chi connectivity index (χ1n) is 8.06. The molecule has 5 heteroatoms. The van der Waals surface area contributed by atoms with Gasteiger partial charge in [-0.2, -0.15) is 0 Å². The summed E-state index contributed by atoms with van der Waals surface area (Å²) in [5.41, 5.74) is 4.28. The summed E-state index contributed by atoms with van der Waals surface area (Å²) in [6.07, 6.45) is 5.71. The molecule has 2 aromatic heterocycles. The lowest BCUT2D eigenvalue weighted by molar-refractivity contribution is 1.33. The lowest BCUT2D eigenvalue weighted by Gasteiger charge is -2.02. The fraction of sp³-hybridized carbons (Fsp3) is 0.0476. The van der Waals surface area contributed by atoms with E-state index >= 15 is 0 Å². The van der Waals surface area contributed by atoms with E-state index in [4.69, 9.17) is 16.6 Å². The Morgan fingerprint density at radius 2 is 1.46 bits per heavy atom. The van der Waals surface area contributed by atoms with Crippen LogP contribution in [-0.4, -0.2) is 16.2 Å². The standard InChI is InChI=1S/C21H15ClN2S2/c1-25-18-8-4-16(5-9-18)21-24-19(14-2-6-17(22)7-3-14)20(26-21)15-10-12-23-13-11-15/h2-13H,1H3. The van der Waals surface area contributed by atoms with E-state index in [1.54, 1.807) is 23.1 Å². The van der Waals surface area contributed by atoms with Crippen LogP contribution in [-0.2, 0) is 0 Å². The quantitative estimate of drug-likeness (QED) is 0.351. The first-order chi connectivity index (χ1) is 12.7. The third-order valence-corrected chi connectivity index (χ3v) is 6.17. The van der Waals surface area contributed by atoms with Crippen molar-refractivity contribution in [3.05, 3.63) is 78.1 Å². The minimum atomic E-state index is 0.724. The van der Waals surface area contributed by atoms with Gasteiger partial charge in [0, 0.05) is 33.4 Å². The maximum atomic E-state index is 6.06. The molecule has 0 amide bonds. The lowest BCUT2D eigenvalue weighted by atomic mass is 10.1. The minimum Gasteiger partial charge on any atom is -0.265 e. The van der Waals surface area contributed by atoms with Gasteiger partial charge in [0.25, 0.3) is 0 Å². The van der Waals surface area contributed by atoms with E-state index in [0.29, 0.717) is 0 Å². The second-order valence-corrected chi connectivity index (χ2v) is 7.98. The third-order valence-electron chi connectivity index (χ3n) is 4.02. The lowest BCUT2D eigenvalue weighted by Crippen LogP contribution is -1.83.